The molecule has 0 heterocycles. The van der Waals surface area contributed by atoms with Crippen LogP contribution in [0, 0.1) is 5.92 Å². The highest BCUT2D eigenvalue weighted by Crippen LogP contribution is 2.15. The number of nitrogens with zero attached hydrogens (tertiary/aromatic N) is 2. The van der Waals surface area contributed by atoms with E-state index in [0.29, 0.717) is 12.8 Å². The van der Waals surface area contributed by atoms with Crippen molar-refractivity contribution < 1.29 is 23.9 Å². The Morgan fingerprint density at radius 2 is 1.62 bits per heavy atom. The summed E-state index contributed by atoms with van der Waals surface area (Å²) in [5.41, 5.74) is 0.920. The number of hydrogen-bond donors (Lipinski definition) is 0. The first-order valence-corrected chi connectivity index (χ1v) is 9.96. The summed E-state index contributed by atoms with van der Waals surface area (Å²) in [5.74, 6) is -0.239. The van der Waals surface area contributed by atoms with Gasteiger partial charge in [0, 0.05) is 27.6 Å². The molecule has 0 unspecified atom stereocenters. The summed E-state index contributed by atoms with van der Waals surface area (Å²) in [4.78, 5) is 39.6. The van der Waals surface area contributed by atoms with E-state index < -0.39 is 18.2 Å². The SMILES string of the molecule is CC(C)C[C@@H](C(=O)N(C)C)N(C)C(=O)O[C@@H](C)CCC(=O)OCc1ccccc1. The van der Waals surface area contributed by atoms with Gasteiger partial charge < -0.3 is 14.4 Å². The first-order chi connectivity index (χ1) is 13.6. The van der Waals surface area contributed by atoms with Crippen LogP contribution >= 0.6 is 0 Å². The molecule has 1 aromatic carbocycles. The van der Waals surface area contributed by atoms with Gasteiger partial charge in [0.1, 0.15) is 18.8 Å². The van der Waals surface area contributed by atoms with Gasteiger partial charge in [-0.15, -0.1) is 0 Å². The molecule has 1 aromatic rings. The predicted octanol–water partition coefficient (Wildman–Crippen LogP) is 3.47. The van der Waals surface area contributed by atoms with E-state index in [1.807, 2.05) is 44.2 Å². The highest BCUT2D eigenvalue weighted by molar-refractivity contribution is 5.85. The Labute approximate surface area is 174 Å². The molecular formula is C22H34N2O5. The van der Waals surface area contributed by atoms with Crippen molar-refractivity contribution in [3.8, 4) is 0 Å². The molecule has 0 saturated carbocycles. The summed E-state index contributed by atoms with van der Waals surface area (Å²) in [6, 6.07) is 8.85. The van der Waals surface area contributed by atoms with Crippen LogP contribution in [0.2, 0.25) is 0 Å². The van der Waals surface area contributed by atoms with Crippen molar-refractivity contribution in [1.29, 1.82) is 0 Å². The van der Waals surface area contributed by atoms with Crippen molar-refractivity contribution in [2.75, 3.05) is 21.1 Å². The number of likely N-dealkylation sites (N-methyl/N-ethyl adjacent to an activating group) is 2. The lowest BCUT2D eigenvalue weighted by Gasteiger charge is -2.30. The maximum absolute atomic E-state index is 12.5. The number of ether oxygens (including phenoxy) is 2. The van der Waals surface area contributed by atoms with E-state index in [9.17, 15) is 14.4 Å². The molecule has 0 aromatic heterocycles. The predicted molar refractivity (Wildman–Crippen MR) is 111 cm³/mol. The third-order valence-electron chi connectivity index (χ3n) is 4.48. The lowest BCUT2D eigenvalue weighted by molar-refractivity contribution is -0.145. The minimum atomic E-state index is -0.583. The lowest BCUT2D eigenvalue weighted by atomic mass is 10.0. The lowest BCUT2D eigenvalue weighted by Crippen LogP contribution is -2.48. The first-order valence-electron chi connectivity index (χ1n) is 9.96. The molecule has 0 aliphatic heterocycles. The summed E-state index contributed by atoms with van der Waals surface area (Å²) in [6.45, 7) is 5.94. The minimum Gasteiger partial charge on any atom is -0.461 e. The summed E-state index contributed by atoms with van der Waals surface area (Å²) in [6.07, 6.45) is 0.00293. The van der Waals surface area contributed by atoms with Gasteiger partial charge in [0.05, 0.1) is 0 Å². The molecule has 7 heteroatoms. The Hall–Kier alpha value is -2.57. The zero-order valence-electron chi connectivity index (χ0n) is 18.4. The highest BCUT2D eigenvalue weighted by Gasteiger charge is 2.30. The van der Waals surface area contributed by atoms with Gasteiger partial charge in [-0.2, -0.15) is 0 Å². The van der Waals surface area contributed by atoms with Crippen LogP contribution in [0.3, 0.4) is 0 Å². The van der Waals surface area contributed by atoms with Crippen LogP contribution in [0.5, 0.6) is 0 Å². The Morgan fingerprint density at radius 1 is 1.00 bits per heavy atom. The number of benzene rings is 1. The number of carbonyl (C=O) groups excluding carboxylic acids is 3. The molecule has 1 rings (SSSR count). The number of rotatable bonds is 10. The largest absolute Gasteiger partial charge is 0.461 e. The third-order valence-corrected chi connectivity index (χ3v) is 4.48. The molecule has 2 amide bonds. The van der Waals surface area contributed by atoms with Crippen LogP contribution in [0.15, 0.2) is 30.3 Å². The van der Waals surface area contributed by atoms with Gasteiger partial charge in [0.25, 0.3) is 0 Å². The van der Waals surface area contributed by atoms with E-state index in [1.54, 1.807) is 28.1 Å². The van der Waals surface area contributed by atoms with Gasteiger partial charge in [-0.3, -0.25) is 14.5 Å². The number of carbonyl (C=O) groups is 3. The van der Waals surface area contributed by atoms with E-state index in [1.165, 1.54) is 9.80 Å². The third kappa shape index (κ3) is 8.98. The summed E-state index contributed by atoms with van der Waals surface area (Å²) >= 11 is 0. The fourth-order valence-electron chi connectivity index (χ4n) is 2.74. The summed E-state index contributed by atoms with van der Waals surface area (Å²) < 4.78 is 10.7. The molecule has 0 saturated heterocycles. The smallest absolute Gasteiger partial charge is 0.410 e. The molecule has 0 radical (unpaired) electrons. The monoisotopic (exact) mass is 406 g/mol. The Balaban J connectivity index is 2.48. The van der Waals surface area contributed by atoms with Gasteiger partial charge >= 0.3 is 12.1 Å². The van der Waals surface area contributed by atoms with E-state index in [4.69, 9.17) is 9.47 Å². The maximum Gasteiger partial charge on any atom is 0.410 e. The highest BCUT2D eigenvalue weighted by atomic mass is 16.6. The first kappa shape index (κ1) is 24.5. The Morgan fingerprint density at radius 3 is 2.17 bits per heavy atom. The van der Waals surface area contributed by atoms with Crippen molar-refractivity contribution in [2.24, 2.45) is 5.92 Å². The molecule has 0 spiro atoms. The average Bonchev–Trinajstić information content (AvgIpc) is 2.68. The Bertz CT molecular complexity index is 660. The summed E-state index contributed by atoms with van der Waals surface area (Å²) in [7, 11) is 4.90. The maximum atomic E-state index is 12.5. The fraction of sp³-hybridized carbons (Fsp3) is 0.591. The standard InChI is InChI=1S/C22H34N2O5/c1-16(2)14-19(21(26)23(4)5)24(6)22(27)29-17(3)12-13-20(25)28-15-18-10-8-7-9-11-18/h7-11,16-17,19H,12-15H2,1-6H3/t17-,19-/m0/s1. The average molecular weight is 407 g/mol. The number of esters is 1. The molecule has 0 N–H and O–H groups in total. The van der Waals surface area contributed by atoms with Crippen molar-refractivity contribution >= 4 is 18.0 Å². The molecule has 162 valence electrons. The van der Waals surface area contributed by atoms with E-state index in [-0.39, 0.29) is 30.8 Å². The number of amides is 2. The van der Waals surface area contributed by atoms with Crippen LogP contribution in [-0.4, -0.2) is 61.1 Å². The van der Waals surface area contributed by atoms with Gasteiger partial charge in [0.2, 0.25) is 5.91 Å². The molecule has 7 nitrogen and oxygen atoms in total. The molecular weight excluding hydrogens is 372 g/mol. The van der Waals surface area contributed by atoms with E-state index >= 15 is 0 Å². The minimum absolute atomic E-state index is 0.143. The van der Waals surface area contributed by atoms with Gasteiger partial charge in [-0.25, -0.2) is 4.79 Å². The number of hydrogen-bond acceptors (Lipinski definition) is 5. The molecule has 29 heavy (non-hydrogen) atoms. The normalized spacial score (nSPS) is 12.8. The molecule has 0 bridgehead atoms. The van der Waals surface area contributed by atoms with Crippen molar-refractivity contribution in [3.63, 3.8) is 0 Å². The van der Waals surface area contributed by atoms with Gasteiger partial charge in [-0.05, 0) is 31.2 Å². The van der Waals surface area contributed by atoms with Crippen molar-refractivity contribution in [2.45, 2.75) is 58.8 Å². The zero-order valence-corrected chi connectivity index (χ0v) is 18.4. The van der Waals surface area contributed by atoms with Gasteiger partial charge in [-0.1, -0.05) is 44.2 Å². The van der Waals surface area contributed by atoms with Crippen LogP contribution in [0.4, 0.5) is 4.79 Å². The second kappa shape index (κ2) is 12.1. The van der Waals surface area contributed by atoms with Crippen molar-refractivity contribution in [1.82, 2.24) is 9.80 Å². The molecule has 2 atom stereocenters. The van der Waals surface area contributed by atoms with Crippen molar-refractivity contribution in [3.05, 3.63) is 35.9 Å². The fourth-order valence-corrected chi connectivity index (χ4v) is 2.74. The topological polar surface area (TPSA) is 76.2 Å². The zero-order chi connectivity index (χ0) is 22.0. The van der Waals surface area contributed by atoms with Gasteiger partial charge in [0.15, 0.2) is 0 Å². The molecule has 0 aliphatic carbocycles. The van der Waals surface area contributed by atoms with Crippen LogP contribution in [0.25, 0.3) is 0 Å². The molecule has 0 fully saturated rings. The van der Waals surface area contributed by atoms with E-state index in [0.717, 1.165) is 5.56 Å². The molecule has 0 aliphatic rings. The second-order valence-corrected chi connectivity index (χ2v) is 7.87. The second-order valence-electron chi connectivity index (χ2n) is 7.87. The summed E-state index contributed by atoms with van der Waals surface area (Å²) in [5, 5.41) is 0. The Kier molecular flexibility index (Phi) is 10.2. The van der Waals surface area contributed by atoms with E-state index in [2.05, 4.69) is 0 Å². The quantitative estimate of drug-likeness (QED) is 0.556. The van der Waals surface area contributed by atoms with Crippen LogP contribution in [-0.2, 0) is 25.7 Å². The van der Waals surface area contributed by atoms with Crippen LogP contribution in [0.1, 0.15) is 45.6 Å². The van der Waals surface area contributed by atoms with Crippen LogP contribution < -0.4 is 0 Å².